The number of carbonyl (C=O) groups excluding carboxylic acids is 2. The maximum absolute atomic E-state index is 11.9. The average molecular weight is 291 g/mol. The molecule has 0 heterocycles. The second-order valence-electron chi connectivity index (χ2n) is 5.13. The largest absolute Gasteiger partial charge is 0.495 e. The Hall–Kier alpha value is -2.08. The summed E-state index contributed by atoms with van der Waals surface area (Å²) in [6.45, 7) is 1.81. The highest BCUT2D eigenvalue weighted by Gasteiger charge is 2.25. The van der Waals surface area contributed by atoms with Crippen LogP contribution in [0.3, 0.4) is 0 Å². The van der Waals surface area contributed by atoms with Crippen LogP contribution in [0.2, 0.25) is 0 Å². The lowest BCUT2D eigenvalue weighted by Crippen LogP contribution is -2.45. The van der Waals surface area contributed by atoms with Gasteiger partial charge in [-0.15, -0.1) is 0 Å². The average Bonchev–Trinajstić information content (AvgIpc) is 3.29. The normalized spacial score (nSPS) is 15.1. The Morgan fingerprint density at radius 1 is 1.33 bits per heavy atom. The van der Waals surface area contributed by atoms with Gasteiger partial charge in [0.05, 0.1) is 25.4 Å². The second kappa shape index (κ2) is 7.08. The molecule has 0 radical (unpaired) electrons. The third kappa shape index (κ3) is 4.75. The molecule has 0 aliphatic heterocycles. The van der Waals surface area contributed by atoms with E-state index in [0.717, 1.165) is 12.8 Å². The van der Waals surface area contributed by atoms with Crippen LogP contribution in [0.15, 0.2) is 24.3 Å². The monoisotopic (exact) mass is 291 g/mol. The third-order valence-electron chi connectivity index (χ3n) is 3.27. The topological polar surface area (TPSA) is 79.5 Å². The standard InChI is InChI=1S/C15H21N3O3/c1-10(15(20)17-11-7-8-11)16-9-14(19)18-12-5-3-4-6-13(12)21-2/h3-6,10-11,16H,7-9H2,1-2H3,(H,17,20)(H,18,19). The number of benzene rings is 1. The van der Waals surface area contributed by atoms with Gasteiger partial charge in [0.2, 0.25) is 11.8 Å². The zero-order valence-electron chi connectivity index (χ0n) is 12.3. The van der Waals surface area contributed by atoms with Crippen molar-refractivity contribution in [1.82, 2.24) is 10.6 Å². The minimum Gasteiger partial charge on any atom is -0.495 e. The predicted molar refractivity (Wildman–Crippen MR) is 80.3 cm³/mol. The lowest BCUT2D eigenvalue weighted by Gasteiger charge is -2.14. The molecule has 3 N–H and O–H groups in total. The number of hydrogen-bond acceptors (Lipinski definition) is 4. The van der Waals surface area contributed by atoms with Gasteiger partial charge in [-0.05, 0) is 31.9 Å². The van der Waals surface area contributed by atoms with E-state index in [-0.39, 0.29) is 18.4 Å². The molecule has 2 rings (SSSR count). The van der Waals surface area contributed by atoms with Gasteiger partial charge in [0.25, 0.3) is 0 Å². The predicted octanol–water partition coefficient (Wildman–Crippen LogP) is 0.890. The van der Waals surface area contributed by atoms with E-state index in [9.17, 15) is 9.59 Å². The summed E-state index contributed by atoms with van der Waals surface area (Å²) in [5.41, 5.74) is 0.613. The first-order chi connectivity index (χ1) is 10.1. The van der Waals surface area contributed by atoms with E-state index in [1.807, 2.05) is 12.1 Å². The lowest BCUT2D eigenvalue weighted by atomic mass is 10.3. The van der Waals surface area contributed by atoms with E-state index in [4.69, 9.17) is 4.74 Å². The van der Waals surface area contributed by atoms with Crippen LogP contribution >= 0.6 is 0 Å². The zero-order chi connectivity index (χ0) is 15.2. The smallest absolute Gasteiger partial charge is 0.238 e. The molecule has 1 aromatic rings. The molecule has 0 spiro atoms. The van der Waals surface area contributed by atoms with Crippen molar-refractivity contribution in [2.75, 3.05) is 19.0 Å². The number of nitrogens with one attached hydrogen (secondary N) is 3. The Morgan fingerprint density at radius 3 is 2.71 bits per heavy atom. The molecule has 1 saturated carbocycles. The molecular formula is C15H21N3O3. The molecule has 1 aromatic carbocycles. The Kier molecular flexibility index (Phi) is 5.16. The molecule has 21 heavy (non-hydrogen) atoms. The van der Waals surface area contributed by atoms with E-state index in [1.165, 1.54) is 0 Å². The molecular weight excluding hydrogens is 270 g/mol. The van der Waals surface area contributed by atoms with Crippen molar-refractivity contribution in [3.05, 3.63) is 24.3 Å². The van der Waals surface area contributed by atoms with Crippen molar-refractivity contribution in [2.24, 2.45) is 0 Å². The first-order valence-electron chi connectivity index (χ1n) is 7.06. The molecule has 1 unspecified atom stereocenters. The van der Waals surface area contributed by atoms with Gasteiger partial charge in [0.1, 0.15) is 5.75 Å². The van der Waals surface area contributed by atoms with Gasteiger partial charge in [0, 0.05) is 6.04 Å². The number of ether oxygens (including phenoxy) is 1. The molecule has 2 amide bonds. The van der Waals surface area contributed by atoms with E-state index >= 15 is 0 Å². The lowest BCUT2D eigenvalue weighted by molar-refractivity contribution is -0.123. The van der Waals surface area contributed by atoms with E-state index in [2.05, 4.69) is 16.0 Å². The summed E-state index contributed by atoms with van der Waals surface area (Å²) in [5, 5.41) is 8.55. The van der Waals surface area contributed by atoms with Crippen LogP contribution in [-0.2, 0) is 9.59 Å². The number of rotatable bonds is 7. The van der Waals surface area contributed by atoms with Gasteiger partial charge >= 0.3 is 0 Å². The fourth-order valence-corrected chi connectivity index (χ4v) is 1.83. The number of amides is 2. The summed E-state index contributed by atoms with van der Waals surface area (Å²) >= 11 is 0. The van der Waals surface area contributed by atoms with Gasteiger partial charge in [0.15, 0.2) is 0 Å². The van der Waals surface area contributed by atoms with Crippen LogP contribution in [0.25, 0.3) is 0 Å². The molecule has 1 aliphatic rings. The number of para-hydroxylation sites is 2. The molecule has 6 heteroatoms. The summed E-state index contributed by atoms with van der Waals surface area (Å²) < 4.78 is 5.16. The van der Waals surface area contributed by atoms with Crippen LogP contribution in [-0.4, -0.2) is 37.6 Å². The van der Waals surface area contributed by atoms with Crippen molar-refractivity contribution >= 4 is 17.5 Å². The zero-order valence-corrected chi connectivity index (χ0v) is 12.3. The van der Waals surface area contributed by atoms with E-state index < -0.39 is 6.04 Å². The van der Waals surface area contributed by atoms with Crippen molar-refractivity contribution in [3.63, 3.8) is 0 Å². The SMILES string of the molecule is COc1ccccc1NC(=O)CNC(C)C(=O)NC1CC1. The highest BCUT2D eigenvalue weighted by atomic mass is 16.5. The number of hydrogen-bond donors (Lipinski definition) is 3. The van der Waals surface area contributed by atoms with E-state index in [0.29, 0.717) is 17.5 Å². The molecule has 6 nitrogen and oxygen atoms in total. The van der Waals surface area contributed by atoms with Gasteiger partial charge in [-0.3, -0.25) is 14.9 Å². The Bertz CT molecular complexity index is 515. The summed E-state index contributed by atoms with van der Waals surface area (Å²) in [7, 11) is 1.55. The quantitative estimate of drug-likeness (QED) is 0.697. The highest BCUT2D eigenvalue weighted by molar-refractivity contribution is 5.94. The van der Waals surface area contributed by atoms with Crippen LogP contribution in [0.4, 0.5) is 5.69 Å². The highest BCUT2D eigenvalue weighted by Crippen LogP contribution is 2.22. The van der Waals surface area contributed by atoms with Crippen LogP contribution in [0.5, 0.6) is 5.75 Å². The van der Waals surface area contributed by atoms with Gasteiger partial charge in [-0.2, -0.15) is 0 Å². The summed E-state index contributed by atoms with van der Waals surface area (Å²) in [4.78, 5) is 23.6. The molecule has 1 fully saturated rings. The second-order valence-corrected chi connectivity index (χ2v) is 5.13. The Morgan fingerprint density at radius 2 is 2.05 bits per heavy atom. The summed E-state index contributed by atoms with van der Waals surface area (Å²) in [5.74, 6) is 0.318. The number of anilines is 1. The molecule has 114 valence electrons. The first-order valence-corrected chi connectivity index (χ1v) is 7.06. The minimum absolute atomic E-state index is 0.0668. The van der Waals surface area contributed by atoms with Crippen LogP contribution < -0.4 is 20.7 Å². The fourth-order valence-electron chi connectivity index (χ4n) is 1.83. The summed E-state index contributed by atoms with van der Waals surface area (Å²) in [6, 6.07) is 7.11. The molecule has 1 aliphatic carbocycles. The fraction of sp³-hybridized carbons (Fsp3) is 0.467. The Balaban J connectivity index is 1.77. The van der Waals surface area contributed by atoms with Gasteiger partial charge < -0.3 is 15.4 Å². The van der Waals surface area contributed by atoms with Gasteiger partial charge in [-0.1, -0.05) is 12.1 Å². The number of methoxy groups -OCH3 is 1. The van der Waals surface area contributed by atoms with Crippen LogP contribution in [0.1, 0.15) is 19.8 Å². The molecule has 1 atom stereocenters. The molecule has 0 saturated heterocycles. The number of carbonyl (C=O) groups is 2. The minimum atomic E-state index is -0.394. The molecule has 0 bridgehead atoms. The maximum Gasteiger partial charge on any atom is 0.238 e. The van der Waals surface area contributed by atoms with Crippen LogP contribution in [0, 0.1) is 0 Å². The summed E-state index contributed by atoms with van der Waals surface area (Å²) in [6.07, 6.45) is 2.10. The van der Waals surface area contributed by atoms with Crippen molar-refractivity contribution in [2.45, 2.75) is 31.8 Å². The van der Waals surface area contributed by atoms with Crippen molar-refractivity contribution < 1.29 is 14.3 Å². The van der Waals surface area contributed by atoms with Gasteiger partial charge in [-0.25, -0.2) is 0 Å². The van der Waals surface area contributed by atoms with Crippen molar-refractivity contribution in [1.29, 1.82) is 0 Å². The third-order valence-corrected chi connectivity index (χ3v) is 3.27. The van der Waals surface area contributed by atoms with Crippen molar-refractivity contribution in [3.8, 4) is 5.75 Å². The maximum atomic E-state index is 11.9. The first kappa shape index (κ1) is 15.3. The molecule has 0 aromatic heterocycles. The Labute approximate surface area is 124 Å². The van der Waals surface area contributed by atoms with E-state index in [1.54, 1.807) is 26.2 Å².